The van der Waals surface area contributed by atoms with Crippen LogP contribution in [0.4, 0.5) is 8.78 Å². The van der Waals surface area contributed by atoms with Crippen molar-refractivity contribution in [3.05, 3.63) is 23.8 Å². The first-order valence-electron chi connectivity index (χ1n) is 6.04. The second kappa shape index (κ2) is 6.58. The number of rotatable bonds is 6. The van der Waals surface area contributed by atoms with Gasteiger partial charge in [0.2, 0.25) is 0 Å². The van der Waals surface area contributed by atoms with Crippen LogP contribution in [-0.2, 0) is 9.05 Å². The van der Waals surface area contributed by atoms with Crippen LogP contribution in [0.5, 0.6) is 5.75 Å². The van der Waals surface area contributed by atoms with E-state index in [0.29, 0.717) is 25.0 Å². The van der Waals surface area contributed by atoms with E-state index >= 15 is 0 Å². The van der Waals surface area contributed by atoms with Crippen molar-refractivity contribution in [1.82, 2.24) is 0 Å². The van der Waals surface area contributed by atoms with Gasteiger partial charge >= 0.3 is 0 Å². The van der Waals surface area contributed by atoms with Crippen molar-refractivity contribution >= 4 is 19.7 Å². The average Bonchev–Trinajstić information content (AvgIpc) is 2.35. The molecule has 0 aliphatic heterocycles. The summed E-state index contributed by atoms with van der Waals surface area (Å²) in [7, 11) is 0.803. The van der Waals surface area contributed by atoms with Crippen molar-refractivity contribution in [2.75, 3.05) is 6.61 Å². The van der Waals surface area contributed by atoms with Gasteiger partial charge in [0, 0.05) is 10.7 Å². The maximum Gasteiger partial charge on any atom is 0.261 e. The van der Waals surface area contributed by atoms with Gasteiger partial charge in [-0.05, 0) is 38.8 Å². The minimum Gasteiger partial charge on any atom is -0.488 e. The first-order valence-corrected chi connectivity index (χ1v) is 8.35. The second-order valence-electron chi connectivity index (χ2n) is 5.10. The van der Waals surface area contributed by atoms with Gasteiger partial charge in [-0.2, -0.15) is 5.26 Å². The largest absolute Gasteiger partial charge is 0.488 e. The highest BCUT2D eigenvalue weighted by atomic mass is 35.7. The zero-order valence-corrected chi connectivity index (χ0v) is 13.1. The summed E-state index contributed by atoms with van der Waals surface area (Å²) in [5.41, 5.74) is -0.545. The van der Waals surface area contributed by atoms with Crippen LogP contribution < -0.4 is 4.74 Å². The van der Waals surface area contributed by atoms with E-state index in [-0.39, 0.29) is 6.61 Å². The maximum atomic E-state index is 13.6. The molecular formula is C13H14ClF2NO3S. The molecule has 21 heavy (non-hydrogen) atoms. The molecule has 0 amide bonds. The Hall–Kier alpha value is -1.39. The quantitative estimate of drug-likeness (QED) is 0.587. The lowest BCUT2D eigenvalue weighted by Gasteiger charge is -2.15. The van der Waals surface area contributed by atoms with E-state index in [9.17, 15) is 17.2 Å². The summed E-state index contributed by atoms with van der Waals surface area (Å²) >= 11 is 0. The predicted octanol–water partition coefficient (Wildman–Crippen LogP) is 3.60. The lowest BCUT2D eigenvalue weighted by atomic mass is 9.90. The van der Waals surface area contributed by atoms with Crippen LogP contribution in [0.2, 0.25) is 0 Å². The molecule has 0 unspecified atom stereocenters. The van der Waals surface area contributed by atoms with Crippen LogP contribution in [0.1, 0.15) is 26.7 Å². The van der Waals surface area contributed by atoms with Crippen LogP contribution in [0.25, 0.3) is 0 Å². The fraction of sp³-hybridized carbons (Fsp3) is 0.462. The summed E-state index contributed by atoms with van der Waals surface area (Å²) < 4.78 is 54.3. The van der Waals surface area contributed by atoms with Crippen LogP contribution in [0, 0.1) is 28.4 Å². The fourth-order valence-corrected chi connectivity index (χ4v) is 2.32. The number of benzene rings is 1. The molecule has 0 bridgehead atoms. The predicted molar refractivity (Wildman–Crippen MR) is 73.5 cm³/mol. The van der Waals surface area contributed by atoms with Crippen molar-refractivity contribution < 1.29 is 21.9 Å². The van der Waals surface area contributed by atoms with Crippen LogP contribution in [0.3, 0.4) is 0 Å². The molecule has 0 radical (unpaired) electrons. The molecule has 0 heterocycles. The van der Waals surface area contributed by atoms with Crippen LogP contribution in [0.15, 0.2) is 17.0 Å². The normalized spacial score (nSPS) is 12.0. The van der Waals surface area contributed by atoms with Gasteiger partial charge in [-0.25, -0.2) is 17.2 Å². The number of nitriles is 1. The van der Waals surface area contributed by atoms with Gasteiger partial charge in [-0.1, -0.05) is 0 Å². The van der Waals surface area contributed by atoms with Crippen LogP contribution in [-0.4, -0.2) is 15.0 Å². The zero-order valence-electron chi connectivity index (χ0n) is 11.5. The molecule has 116 valence electrons. The fourth-order valence-electron chi connectivity index (χ4n) is 1.56. The highest BCUT2D eigenvalue weighted by molar-refractivity contribution is 8.13. The van der Waals surface area contributed by atoms with Gasteiger partial charge in [0.15, 0.2) is 17.4 Å². The maximum absolute atomic E-state index is 13.6. The van der Waals surface area contributed by atoms with Gasteiger partial charge in [0.25, 0.3) is 9.05 Å². The number of halogens is 3. The van der Waals surface area contributed by atoms with E-state index < -0.39 is 36.7 Å². The first-order chi connectivity index (χ1) is 9.57. The third-order valence-electron chi connectivity index (χ3n) is 2.75. The summed E-state index contributed by atoms with van der Waals surface area (Å²) in [6, 6.07) is 3.30. The molecule has 4 nitrogen and oxygen atoms in total. The molecule has 0 saturated heterocycles. The van der Waals surface area contributed by atoms with E-state index in [0.717, 1.165) is 0 Å². The minimum absolute atomic E-state index is 0.00587. The Morgan fingerprint density at radius 1 is 1.33 bits per heavy atom. The third-order valence-corrected chi connectivity index (χ3v) is 4.08. The van der Waals surface area contributed by atoms with Crippen LogP contribution >= 0.6 is 10.7 Å². The lowest BCUT2D eigenvalue weighted by Crippen LogP contribution is -2.11. The van der Waals surface area contributed by atoms with Crippen molar-refractivity contribution in [2.45, 2.75) is 31.6 Å². The number of hydrogen-bond acceptors (Lipinski definition) is 4. The topological polar surface area (TPSA) is 67.2 Å². The third kappa shape index (κ3) is 5.14. The standard InChI is InChI=1S/C13H14ClF2NO3S/c1-13(2,8-17)4-3-5-20-12-10(15)6-9(7-11(12)16)21(14,18)19/h6-7H,3-5H2,1-2H3. The molecule has 0 atom stereocenters. The van der Waals surface area contributed by atoms with Gasteiger partial charge in [0.1, 0.15) is 0 Å². The Balaban J connectivity index is 2.76. The molecular weight excluding hydrogens is 324 g/mol. The van der Waals surface area contributed by atoms with Gasteiger partial charge in [-0.3, -0.25) is 0 Å². The average molecular weight is 338 g/mol. The highest BCUT2D eigenvalue weighted by Gasteiger charge is 2.20. The Morgan fingerprint density at radius 2 is 1.86 bits per heavy atom. The number of ether oxygens (including phenoxy) is 1. The molecule has 0 aliphatic rings. The van der Waals surface area contributed by atoms with Gasteiger partial charge in [-0.15, -0.1) is 0 Å². The molecule has 0 N–H and O–H groups in total. The summed E-state index contributed by atoms with van der Waals surface area (Å²) in [5.74, 6) is -2.95. The monoisotopic (exact) mass is 337 g/mol. The minimum atomic E-state index is -4.21. The molecule has 0 aliphatic carbocycles. The number of nitrogens with zero attached hydrogens (tertiary/aromatic N) is 1. The molecule has 0 spiro atoms. The van der Waals surface area contributed by atoms with E-state index in [1.807, 2.05) is 0 Å². The Morgan fingerprint density at radius 3 is 2.29 bits per heavy atom. The molecule has 1 aromatic carbocycles. The summed E-state index contributed by atoms with van der Waals surface area (Å²) in [4.78, 5) is -0.669. The second-order valence-corrected chi connectivity index (χ2v) is 7.67. The first kappa shape index (κ1) is 17.7. The molecule has 0 fully saturated rings. The summed E-state index contributed by atoms with van der Waals surface area (Å²) in [6.45, 7) is 3.49. The van der Waals surface area contributed by atoms with Gasteiger partial charge < -0.3 is 4.74 Å². The van der Waals surface area contributed by atoms with Crippen molar-refractivity contribution in [3.63, 3.8) is 0 Å². The van der Waals surface area contributed by atoms with E-state index in [2.05, 4.69) is 6.07 Å². The van der Waals surface area contributed by atoms with Gasteiger partial charge in [0.05, 0.1) is 23.0 Å². The van der Waals surface area contributed by atoms with E-state index in [1.165, 1.54) is 0 Å². The Labute approximate surface area is 126 Å². The molecule has 1 rings (SSSR count). The summed E-state index contributed by atoms with van der Waals surface area (Å²) in [6.07, 6.45) is 0.926. The summed E-state index contributed by atoms with van der Waals surface area (Å²) in [5, 5.41) is 8.83. The van der Waals surface area contributed by atoms with Crippen molar-refractivity contribution in [2.24, 2.45) is 5.41 Å². The van der Waals surface area contributed by atoms with E-state index in [4.69, 9.17) is 20.7 Å². The molecule has 0 aromatic heterocycles. The zero-order chi connectivity index (χ0) is 16.3. The molecule has 8 heteroatoms. The van der Waals surface area contributed by atoms with Crippen molar-refractivity contribution in [3.8, 4) is 11.8 Å². The molecule has 0 saturated carbocycles. The highest BCUT2D eigenvalue weighted by Crippen LogP contribution is 2.28. The SMILES string of the molecule is CC(C)(C#N)CCCOc1c(F)cc(S(=O)(=O)Cl)cc1F. The van der Waals surface area contributed by atoms with E-state index in [1.54, 1.807) is 13.8 Å². The smallest absolute Gasteiger partial charge is 0.261 e. The van der Waals surface area contributed by atoms with Crippen molar-refractivity contribution in [1.29, 1.82) is 5.26 Å². The Bertz CT molecular complexity index is 645. The lowest BCUT2D eigenvalue weighted by molar-refractivity contribution is 0.260. The Kier molecular flexibility index (Phi) is 5.54. The molecule has 1 aromatic rings. The number of hydrogen-bond donors (Lipinski definition) is 0.